The SMILES string of the molecule is B[C@H]1C[C@@H](OCN=[N+]=[N-])C(CO)O1. The zero-order valence-corrected chi connectivity index (χ0v) is 7.46. The van der Waals surface area contributed by atoms with E-state index < -0.39 is 0 Å². The van der Waals surface area contributed by atoms with Crippen LogP contribution in [0.4, 0.5) is 0 Å². The lowest BCUT2D eigenvalue weighted by atomic mass is 9.96. The van der Waals surface area contributed by atoms with Gasteiger partial charge < -0.3 is 14.6 Å². The van der Waals surface area contributed by atoms with Gasteiger partial charge in [0.2, 0.25) is 0 Å². The second kappa shape index (κ2) is 5.09. The molecule has 0 aromatic carbocycles. The van der Waals surface area contributed by atoms with Gasteiger partial charge in [-0.05, 0) is 12.0 Å². The lowest BCUT2D eigenvalue weighted by Gasteiger charge is -2.15. The van der Waals surface area contributed by atoms with Gasteiger partial charge in [0.05, 0.1) is 12.7 Å². The van der Waals surface area contributed by atoms with Gasteiger partial charge in [-0.2, -0.15) is 0 Å². The molecule has 1 aliphatic rings. The molecule has 0 spiro atoms. The molecule has 0 bridgehead atoms. The van der Waals surface area contributed by atoms with Crippen LogP contribution in [-0.2, 0) is 9.47 Å². The van der Waals surface area contributed by atoms with E-state index in [0.717, 1.165) is 6.42 Å². The molecular weight excluding hydrogens is 173 g/mol. The standard InChI is InChI=1S/C6H12BN3O3/c7-6-1-4(5(2-11)13-6)12-3-9-10-8/h4-6,11H,1-3,7H2/t4-,5?,6-/m1/s1. The first kappa shape index (κ1) is 10.3. The summed E-state index contributed by atoms with van der Waals surface area (Å²) in [4.78, 5) is 2.56. The van der Waals surface area contributed by atoms with Crippen molar-refractivity contribution in [1.29, 1.82) is 0 Å². The van der Waals surface area contributed by atoms with Crippen molar-refractivity contribution in [3.63, 3.8) is 0 Å². The summed E-state index contributed by atoms with van der Waals surface area (Å²) in [6.45, 7) is -0.0704. The Labute approximate surface area is 76.9 Å². The largest absolute Gasteiger partial charge is 0.394 e. The highest BCUT2D eigenvalue weighted by molar-refractivity contribution is 6.11. The van der Waals surface area contributed by atoms with Crippen LogP contribution >= 0.6 is 0 Å². The molecule has 1 N–H and O–H groups in total. The molecule has 1 saturated heterocycles. The fourth-order valence-corrected chi connectivity index (χ4v) is 1.41. The van der Waals surface area contributed by atoms with Crippen molar-refractivity contribution in [2.24, 2.45) is 5.11 Å². The van der Waals surface area contributed by atoms with Gasteiger partial charge in [0.25, 0.3) is 0 Å². The Kier molecular flexibility index (Phi) is 4.04. The fraction of sp³-hybridized carbons (Fsp3) is 1.00. The van der Waals surface area contributed by atoms with E-state index >= 15 is 0 Å². The number of aliphatic hydroxyl groups excluding tert-OH is 1. The van der Waals surface area contributed by atoms with Crippen LogP contribution in [-0.4, -0.2) is 44.5 Å². The molecule has 0 aromatic rings. The second-order valence-corrected chi connectivity index (χ2v) is 2.97. The third-order valence-corrected chi connectivity index (χ3v) is 1.98. The molecule has 0 aliphatic carbocycles. The van der Waals surface area contributed by atoms with Gasteiger partial charge in [-0.15, -0.1) is 0 Å². The number of hydrogen-bond acceptors (Lipinski definition) is 4. The maximum absolute atomic E-state index is 8.90. The maximum atomic E-state index is 8.90. The van der Waals surface area contributed by atoms with Crippen LogP contribution in [0.2, 0.25) is 0 Å². The molecule has 1 aliphatic heterocycles. The van der Waals surface area contributed by atoms with Gasteiger partial charge in [0, 0.05) is 10.9 Å². The molecular formula is C6H12BN3O3. The van der Waals surface area contributed by atoms with Crippen LogP contribution < -0.4 is 0 Å². The van der Waals surface area contributed by atoms with Gasteiger partial charge in [0.15, 0.2) is 0 Å². The van der Waals surface area contributed by atoms with Crippen molar-refractivity contribution in [3.05, 3.63) is 10.4 Å². The summed E-state index contributed by atoms with van der Waals surface area (Å²) in [6.07, 6.45) is 0.279. The average molecular weight is 185 g/mol. The number of hydrogen-bond donors (Lipinski definition) is 1. The highest BCUT2D eigenvalue weighted by Gasteiger charge is 2.32. The predicted octanol–water partition coefficient (Wildman–Crippen LogP) is -0.620. The van der Waals surface area contributed by atoms with Crippen molar-refractivity contribution < 1.29 is 14.6 Å². The number of nitrogens with zero attached hydrogens (tertiary/aromatic N) is 3. The van der Waals surface area contributed by atoms with Gasteiger partial charge in [-0.1, -0.05) is 5.11 Å². The Morgan fingerprint density at radius 2 is 2.54 bits per heavy atom. The van der Waals surface area contributed by atoms with Gasteiger partial charge in [0.1, 0.15) is 20.7 Å². The molecule has 7 heteroatoms. The van der Waals surface area contributed by atoms with E-state index in [4.69, 9.17) is 20.1 Å². The first-order chi connectivity index (χ1) is 6.27. The van der Waals surface area contributed by atoms with E-state index in [1.807, 2.05) is 7.85 Å². The molecule has 3 atom stereocenters. The minimum absolute atomic E-state index is 0.00620. The Morgan fingerprint density at radius 3 is 3.15 bits per heavy atom. The summed E-state index contributed by atoms with van der Waals surface area (Å²) in [5.41, 5.74) is 8.01. The Balaban J connectivity index is 2.34. The minimum atomic E-state index is -0.288. The van der Waals surface area contributed by atoms with Crippen LogP contribution in [0.25, 0.3) is 10.4 Å². The zero-order chi connectivity index (χ0) is 9.68. The van der Waals surface area contributed by atoms with E-state index in [1.54, 1.807) is 0 Å². The number of aliphatic hydroxyl groups is 1. The van der Waals surface area contributed by atoms with Crippen LogP contribution in [0.15, 0.2) is 5.11 Å². The molecule has 0 amide bonds. The highest BCUT2D eigenvalue weighted by Crippen LogP contribution is 2.20. The van der Waals surface area contributed by atoms with Crippen LogP contribution in [0.1, 0.15) is 6.42 Å². The first-order valence-electron chi connectivity index (χ1n) is 4.16. The van der Waals surface area contributed by atoms with Crippen molar-refractivity contribution in [2.45, 2.75) is 24.6 Å². The molecule has 13 heavy (non-hydrogen) atoms. The highest BCUT2D eigenvalue weighted by atomic mass is 16.6. The molecule has 72 valence electrons. The van der Waals surface area contributed by atoms with Crippen LogP contribution in [0, 0.1) is 0 Å². The number of azide groups is 1. The van der Waals surface area contributed by atoms with Crippen molar-refractivity contribution in [2.75, 3.05) is 13.3 Å². The molecule has 1 heterocycles. The molecule has 1 unspecified atom stereocenters. The zero-order valence-electron chi connectivity index (χ0n) is 7.46. The molecule has 1 rings (SSSR count). The third kappa shape index (κ3) is 2.89. The third-order valence-electron chi connectivity index (χ3n) is 1.98. The van der Waals surface area contributed by atoms with Crippen molar-refractivity contribution in [1.82, 2.24) is 0 Å². The minimum Gasteiger partial charge on any atom is -0.394 e. The number of rotatable bonds is 4. The Hall–Kier alpha value is -0.745. The molecule has 0 radical (unpaired) electrons. The summed E-state index contributed by atoms with van der Waals surface area (Å²) in [5, 5.41) is 12.2. The maximum Gasteiger partial charge on any atom is 0.139 e. The molecule has 1 fully saturated rings. The van der Waals surface area contributed by atoms with E-state index in [0.29, 0.717) is 0 Å². The summed E-state index contributed by atoms with van der Waals surface area (Å²) in [5.74, 6) is 0. The van der Waals surface area contributed by atoms with Crippen molar-refractivity contribution >= 4 is 7.85 Å². The Morgan fingerprint density at radius 1 is 1.77 bits per heavy atom. The van der Waals surface area contributed by atoms with E-state index in [9.17, 15) is 0 Å². The average Bonchev–Trinajstić information content (AvgIpc) is 2.47. The Bertz CT molecular complexity index is 209. The topological polar surface area (TPSA) is 87.5 Å². The first-order valence-corrected chi connectivity index (χ1v) is 4.16. The molecule has 6 nitrogen and oxygen atoms in total. The van der Waals surface area contributed by atoms with Crippen LogP contribution in [0.3, 0.4) is 0 Å². The molecule has 0 aromatic heterocycles. The van der Waals surface area contributed by atoms with Gasteiger partial charge in [-0.25, -0.2) is 0 Å². The summed E-state index contributed by atoms with van der Waals surface area (Å²) in [7, 11) is 1.92. The monoisotopic (exact) mass is 185 g/mol. The normalized spacial score (nSPS) is 32.8. The van der Waals surface area contributed by atoms with Gasteiger partial charge in [-0.3, -0.25) is 0 Å². The van der Waals surface area contributed by atoms with E-state index in [2.05, 4.69) is 10.0 Å². The summed E-state index contributed by atoms with van der Waals surface area (Å²) >= 11 is 0. The number of ether oxygens (including phenoxy) is 2. The summed E-state index contributed by atoms with van der Waals surface area (Å²) < 4.78 is 10.6. The van der Waals surface area contributed by atoms with Gasteiger partial charge >= 0.3 is 0 Å². The van der Waals surface area contributed by atoms with E-state index in [-0.39, 0.29) is 31.5 Å². The second-order valence-electron chi connectivity index (χ2n) is 2.97. The summed E-state index contributed by atoms with van der Waals surface area (Å²) in [6, 6.07) is 0.0909. The van der Waals surface area contributed by atoms with Crippen molar-refractivity contribution in [3.8, 4) is 0 Å². The smallest absolute Gasteiger partial charge is 0.139 e. The lowest BCUT2D eigenvalue weighted by molar-refractivity contribution is -0.0354. The predicted molar refractivity (Wildman–Crippen MR) is 47.8 cm³/mol. The van der Waals surface area contributed by atoms with Crippen LogP contribution in [0.5, 0.6) is 0 Å². The van der Waals surface area contributed by atoms with E-state index in [1.165, 1.54) is 0 Å². The quantitative estimate of drug-likeness (QED) is 0.274. The lowest BCUT2D eigenvalue weighted by Crippen LogP contribution is -2.27. The fourth-order valence-electron chi connectivity index (χ4n) is 1.41. The molecule has 0 saturated carbocycles.